The van der Waals surface area contributed by atoms with Crippen LogP contribution in [0.3, 0.4) is 0 Å². The van der Waals surface area contributed by atoms with Gasteiger partial charge in [-0.1, -0.05) is 0 Å². The van der Waals surface area contributed by atoms with Crippen molar-refractivity contribution >= 4 is 38.9 Å². The second-order valence-electron chi connectivity index (χ2n) is 11.3. The van der Waals surface area contributed by atoms with E-state index in [1.54, 1.807) is 28.4 Å². The molecule has 0 saturated carbocycles. The van der Waals surface area contributed by atoms with Gasteiger partial charge in [-0.3, -0.25) is 0 Å². The highest BCUT2D eigenvalue weighted by atomic mass is 16.5. The Bertz CT molecular complexity index is 1500. The minimum absolute atomic E-state index is 0.698. The molecular formula is C33H46N5O4+. The molecule has 0 aliphatic heterocycles. The smallest absolute Gasteiger partial charge is 0.219 e. The van der Waals surface area contributed by atoms with Crippen LogP contribution in [-0.2, 0) is 6.54 Å². The van der Waals surface area contributed by atoms with E-state index in [1.165, 1.54) is 0 Å². The average Bonchev–Trinajstić information content (AvgIpc) is 2.97. The van der Waals surface area contributed by atoms with Gasteiger partial charge in [-0.15, -0.1) is 0 Å². The zero-order chi connectivity index (χ0) is 30.9. The van der Waals surface area contributed by atoms with Gasteiger partial charge >= 0.3 is 0 Å². The third-order valence-electron chi connectivity index (χ3n) is 7.71. The second kappa shape index (κ2) is 12.4. The monoisotopic (exact) mass is 576 g/mol. The Hall–Kier alpha value is -4.11. The maximum atomic E-state index is 6.17. The summed E-state index contributed by atoms with van der Waals surface area (Å²) in [6.07, 6.45) is 0. The molecule has 4 aromatic rings. The molecule has 3 aromatic carbocycles. The summed E-state index contributed by atoms with van der Waals surface area (Å²) in [4.78, 5) is 8.45. The maximum Gasteiger partial charge on any atom is 0.219 e. The molecule has 0 radical (unpaired) electrons. The van der Waals surface area contributed by atoms with Crippen molar-refractivity contribution < 1.29 is 23.5 Å². The summed E-state index contributed by atoms with van der Waals surface area (Å²) in [5.41, 5.74) is 6.92. The number of rotatable bonds is 11. The first kappa shape index (κ1) is 30.8. The van der Waals surface area contributed by atoms with Crippen LogP contribution in [0.1, 0.15) is 0 Å². The number of anilines is 3. The number of ether oxygens (including phenoxy) is 4. The van der Waals surface area contributed by atoms with Crippen LogP contribution in [0.4, 0.5) is 17.1 Å². The topological polar surface area (TPSA) is 53.8 Å². The minimum Gasteiger partial charge on any atom is -0.496 e. The number of hydrogen-bond acceptors (Lipinski definition) is 8. The van der Waals surface area contributed by atoms with E-state index >= 15 is 0 Å². The van der Waals surface area contributed by atoms with Crippen LogP contribution in [0, 0.1) is 0 Å². The van der Waals surface area contributed by atoms with Crippen LogP contribution in [0.15, 0.2) is 36.4 Å². The van der Waals surface area contributed by atoms with E-state index in [1.807, 2.05) is 59.3 Å². The lowest BCUT2D eigenvalue weighted by atomic mass is 9.92. The molecule has 0 unspecified atom stereocenters. The zero-order valence-electron chi connectivity index (χ0n) is 27.2. The standard InChI is InChI=1S/C33H46N5O4/c1-34(2)13-14-38-24-15-21(35(3)4)17-26(39-9)30(24)33(31-25(38)16-22(36(5)6)18-27(31)40-10)32-28(41-11)19-23(37(7)8)20-29(32)42-12/h15-20H,13-14H2,1-12H3/q+1. The van der Waals surface area contributed by atoms with E-state index in [0.29, 0.717) is 11.5 Å². The molecule has 0 aliphatic rings. The summed E-state index contributed by atoms with van der Waals surface area (Å²) in [5, 5.41) is 1.92. The molecule has 1 aromatic heterocycles. The molecule has 0 aliphatic carbocycles. The van der Waals surface area contributed by atoms with Crippen LogP contribution in [0.25, 0.3) is 32.9 Å². The average molecular weight is 577 g/mol. The minimum atomic E-state index is 0.698. The highest BCUT2D eigenvalue weighted by Crippen LogP contribution is 2.51. The number of benzene rings is 3. The lowest BCUT2D eigenvalue weighted by Crippen LogP contribution is -2.41. The van der Waals surface area contributed by atoms with Gasteiger partial charge < -0.3 is 38.5 Å². The van der Waals surface area contributed by atoms with Crippen LogP contribution in [-0.4, -0.2) is 96.3 Å². The Labute approximate surface area is 250 Å². The third-order valence-corrected chi connectivity index (χ3v) is 7.71. The molecule has 0 saturated heterocycles. The third kappa shape index (κ3) is 5.53. The Morgan fingerprint density at radius 1 is 0.500 bits per heavy atom. The van der Waals surface area contributed by atoms with Crippen molar-refractivity contribution in [2.45, 2.75) is 6.54 Å². The van der Waals surface area contributed by atoms with Crippen molar-refractivity contribution in [2.75, 3.05) is 106 Å². The van der Waals surface area contributed by atoms with E-state index in [2.05, 4.69) is 57.6 Å². The van der Waals surface area contributed by atoms with Gasteiger partial charge in [0.2, 0.25) is 11.0 Å². The fourth-order valence-corrected chi connectivity index (χ4v) is 5.39. The molecule has 4 rings (SSSR count). The van der Waals surface area contributed by atoms with Gasteiger partial charge in [0, 0.05) is 101 Å². The summed E-state index contributed by atoms with van der Waals surface area (Å²) in [6.45, 7) is 1.61. The first-order chi connectivity index (χ1) is 20.0. The van der Waals surface area contributed by atoms with Crippen LogP contribution in [0.5, 0.6) is 23.0 Å². The molecule has 42 heavy (non-hydrogen) atoms. The van der Waals surface area contributed by atoms with Crippen molar-refractivity contribution in [3.05, 3.63) is 36.4 Å². The first-order valence-corrected chi connectivity index (χ1v) is 14.0. The lowest BCUT2D eigenvalue weighted by Gasteiger charge is -2.24. The zero-order valence-corrected chi connectivity index (χ0v) is 27.2. The van der Waals surface area contributed by atoms with Crippen LogP contribution in [0.2, 0.25) is 0 Å². The van der Waals surface area contributed by atoms with Crippen molar-refractivity contribution in [3.63, 3.8) is 0 Å². The van der Waals surface area contributed by atoms with E-state index in [0.717, 1.165) is 74.6 Å². The van der Waals surface area contributed by atoms with Crippen molar-refractivity contribution in [2.24, 2.45) is 0 Å². The highest BCUT2D eigenvalue weighted by molar-refractivity contribution is 6.15. The quantitative estimate of drug-likeness (QED) is 0.188. The molecule has 9 nitrogen and oxygen atoms in total. The summed E-state index contributed by atoms with van der Waals surface area (Å²) >= 11 is 0. The number of fused-ring (bicyclic) bond motifs is 2. The Morgan fingerprint density at radius 3 is 1.19 bits per heavy atom. The predicted octanol–water partition coefficient (Wildman–Crippen LogP) is 4.74. The summed E-state index contributed by atoms with van der Waals surface area (Å²) in [6, 6.07) is 12.7. The molecule has 0 bridgehead atoms. The van der Waals surface area contributed by atoms with Gasteiger partial charge in [0.1, 0.15) is 23.0 Å². The fourth-order valence-electron chi connectivity index (χ4n) is 5.39. The van der Waals surface area contributed by atoms with E-state index in [9.17, 15) is 0 Å². The second-order valence-corrected chi connectivity index (χ2v) is 11.3. The normalized spacial score (nSPS) is 11.3. The van der Waals surface area contributed by atoms with Crippen LogP contribution < -0.4 is 38.2 Å². The Balaban J connectivity index is 2.40. The van der Waals surface area contributed by atoms with Gasteiger partial charge in [-0.25, -0.2) is 0 Å². The summed E-state index contributed by atoms with van der Waals surface area (Å²) < 4.78 is 26.9. The summed E-state index contributed by atoms with van der Waals surface area (Å²) in [5.74, 6) is 2.91. The van der Waals surface area contributed by atoms with Gasteiger partial charge in [0.25, 0.3) is 0 Å². The van der Waals surface area contributed by atoms with E-state index in [4.69, 9.17) is 18.9 Å². The highest BCUT2D eigenvalue weighted by Gasteiger charge is 2.32. The van der Waals surface area contributed by atoms with Crippen molar-refractivity contribution in [1.29, 1.82) is 0 Å². The number of hydrogen-bond donors (Lipinski definition) is 0. The molecule has 226 valence electrons. The fraction of sp³-hybridized carbons (Fsp3) is 0.424. The largest absolute Gasteiger partial charge is 0.496 e. The molecule has 0 amide bonds. The molecule has 9 heteroatoms. The maximum absolute atomic E-state index is 6.17. The first-order valence-electron chi connectivity index (χ1n) is 14.0. The molecular weight excluding hydrogens is 530 g/mol. The SMILES string of the molecule is COc1cc(N(C)C)cc(OC)c1-c1c2c(OC)cc(N(C)C)cc2[n+](CCN(C)C)c2cc(N(C)C)cc(OC)c12. The number of nitrogens with zero attached hydrogens (tertiary/aromatic N) is 5. The number of aromatic nitrogens is 1. The van der Waals surface area contributed by atoms with Gasteiger partial charge in [0.15, 0.2) is 6.54 Å². The molecule has 1 heterocycles. The number of pyridine rings is 1. The number of likely N-dealkylation sites (N-methyl/N-ethyl adjacent to an activating group) is 1. The lowest BCUT2D eigenvalue weighted by molar-refractivity contribution is -0.644. The molecule has 0 N–H and O–H groups in total. The van der Waals surface area contributed by atoms with Gasteiger partial charge in [-0.05, 0) is 14.1 Å². The Kier molecular flexibility index (Phi) is 9.11. The molecule has 0 spiro atoms. The van der Waals surface area contributed by atoms with E-state index < -0.39 is 0 Å². The van der Waals surface area contributed by atoms with Gasteiger partial charge in [0.05, 0.1) is 51.3 Å². The molecule has 0 fully saturated rings. The predicted molar refractivity (Wildman–Crippen MR) is 175 cm³/mol. The number of methoxy groups -OCH3 is 4. The van der Waals surface area contributed by atoms with Crippen LogP contribution >= 0.6 is 0 Å². The summed E-state index contributed by atoms with van der Waals surface area (Å²) in [7, 11) is 23.2. The molecule has 0 atom stereocenters. The Morgan fingerprint density at radius 2 is 0.857 bits per heavy atom. The van der Waals surface area contributed by atoms with Crippen molar-refractivity contribution in [1.82, 2.24) is 4.90 Å². The van der Waals surface area contributed by atoms with Crippen molar-refractivity contribution in [3.8, 4) is 34.1 Å². The van der Waals surface area contributed by atoms with E-state index in [-0.39, 0.29) is 0 Å². The van der Waals surface area contributed by atoms with Gasteiger partial charge in [-0.2, -0.15) is 4.57 Å².